The van der Waals surface area contributed by atoms with Gasteiger partial charge in [0.05, 0.1) is 30.7 Å². The van der Waals surface area contributed by atoms with Crippen molar-refractivity contribution in [2.75, 3.05) is 7.11 Å². The number of nitrogens with two attached hydrogens (primary N) is 1. The van der Waals surface area contributed by atoms with Crippen molar-refractivity contribution in [3.05, 3.63) is 167 Å². The molecule has 7 nitrogen and oxygen atoms in total. The molecule has 11 heteroatoms. The van der Waals surface area contributed by atoms with E-state index in [9.17, 15) is 13.6 Å². The van der Waals surface area contributed by atoms with Crippen LogP contribution in [-0.2, 0) is 28.2 Å². The lowest BCUT2D eigenvalue weighted by Crippen LogP contribution is -2.46. The van der Waals surface area contributed by atoms with Crippen LogP contribution < -0.4 is 16.0 Å². The summed E-state index contributed by atoms with van der Waals surface area (Å²) in [6.45, 7) is -0.580. The van der Waals surface area contributed by atoms with Crippen molar-refractivity contribution in [1.29, 1.82) is 0 Å². The van der Waals surface area contributed by atoms with Gasteiger partial charge in [0, 0.05) is 12.0 Å². The molecule has 250 valence electrons. The fraction of sp³-hybridized carbons (Fsp3) is 0.158. The number of para-hydroxylation sites is 2. The third-order valence-corrected chi connectivity index (χ3v) is 8.43. The van der Waals surface area contributed by atoms with Crippen LogP contribution in [0.3, 0.4) is 0 Å². The number of imidazole rings is 1. The Hall–Kier alpha value is -5.52. The van der Waals surface area contributed by atoms with Gasteiger partial charge in [0.15, 0.2) is 23.0 Å². The highest BCUT2D eigenvalue weighted by molar-refractivity contribution is 5.80. The topological polar surface area (TPSA) is 91.4 Å². The Kier molecular flexibility index (Phi) is 9.75. The molecule has 1 unspecified atom stereocenters. The molecule has 6 rings (SSSR count). The quantitative estimate of drug-likeness (QED) is 0.0638. The van der Waals surface area contributed by atoms with E-state index in [4.69, 9.17) is 10.6 Å². The van der Waals surface area contributed by atoms with E-state index in [0.29, 0.717) is 16.9 Å². The third-order valence-electron chi connectivity index (χ3n) is 8.43. The van der Waals surface area contributed by atoms with Gasteiger partial charge in [-0.3, -0.25) is 9.63 Å². The highest BCUT2D eigenvalue weighted by atomic mass is 19.2. The summed E-state index contributed by atoms with van der Waals surface area (Å²) >= 11 is 0. The van der Waals surface area contributed by atoms with Crippen molar-refractivity contribution in [3.8, 4) is 5.75 Å². The maximum absolute atomic E-state index is 15.0. The summed E-state index contributed by atoms with van der Waals surface area (Å²) in [7, 11) is 0.914. The number of hydrogen-bond donors (Lipinski definition) is 2. The molecule has 49 heavy (non-hydrogen) atoms. The Balaban J connectivity index is 1.26. The molecule has 0 aliphatic heterocycles. The van der Waals surface area contributed by atoms with Gasteiger partial charge in [-0.25, -0.2) is 19.2 Å². The Morgan fingerprint density at radius 3 is 1.78 bits per heavy atom. The van der Waals surface area contributed by atoms with Gasteiger partial charge in [-0.05, 0) is 35.2 Å². The number of nitrogens with zero attached hydrogens (tertiary/aromatic N) is 2. The lowest BCUT2D eigenvalue weighted by molar-refractivity contribution is -0.145. The van der Waals surface area contributed by atoms with E-state index in [1.165, 1.54) is 4.57 Å². The van der Waals surface area contributed by atoms with Crippen molar-refractivity contribution in [3.63, 3.8) is 0 Å². The van der Waals surface area contributed by atoms with E-state index in [2.05, 4.69) is 15.2 Å². The Labute approximate surface area is 279 Å². The molecule has 0 radical (unpaired) electrons. The number of benzene rings is 5. The van der Waals surface area contributed by atoms with Crippen LogP contribution in [0.2, 0.25) is 0 Å². The van der Waals surface area contributed by atoms with Crippen molar-refractivity contribution in [1.82, 2.24) is 15.0 Å². The molecule has 1 heterocycles. The first-order chi connectivity index (χ1) is 23.8. The van der Waals surface area contributed by atoms with E-state index in [1.807, 2.05) is 91.0 Å². The van der Waals surface area contributed by atoms with Gasteiger partial charge >= 0.3 is 0 Å². The highest BCUT2D eigenvalue weighted by Crippen LogP contribution is 2.39. The van der Waals surface area contributed by atoms with E-state index < -0.39 is 58.7 Å². The summed E-state index contributed by atoms with van der Waals surface area (Å²) in [5.74, 6) is -7.90. The van der Waals surface area contributed by atoms with Gasteiger partial charge in [-0.2, -0.15) is 8.78 Å². The number of aromatic nitrogens is 2. The highest BCUT2D eigenvalue weighted by Gasteiger charge is 2.39. The lowest BCUT2D eigenvalue weighted by Gasteiger charge is -2.35. The number of ether oxygens (including phenoxy) is 1. The molecule has 0 spiro atoms. The number of hydroxylamine groups is 1. The number of rotatable bonds is 12. The first-order valence-corrected chi connectivity index (χ1v) is 15.5. The van der Waals surface area contributed by atoms with Crippen LogP contribution in [0.4, 0.5) is 17.6 Å². The summed E-state index contributed by atoms with van der Waals surface area (Å²) < 4.78 is 65.1. The Morgan fingerprint density at radius 2 is 1.27 bits per heavy atom. The number of amides is 1. The second-order valence-electron chi connectivity index (χ2n) is 11.4. The van der Waals surface area contributed by atoms with Crippen LogP contribution >= 0.6 is 0 Å². The fourth-order valence-electron chi connectivity index (χ4n) is 5.94. The number of methoxy groups -OCH3 is 1. The zero-order chi connectivity index (χ0) is 34.5. The molecular formula is C38H32F4N4O3. The molecule has 5 aromatic carbocycles. The fourth-order valence-corrected chi connectivity index (χ4v) is 5.94. The Morgan fingerprint density at radius 1 is 0.776 bits per heavy atom. The summed E-state index contributed by atoms with van der Waals surface area (Å²) in [4.78, 5) is 24.4. The third kappa shape index (κ3) is 6.38. The van der Waals surface area contributed by atoms with Crippen molar-refractivity contribution in [2.24, 2.45) is 5.73 Å². The molecule has 0 bridgehead atoms. The molecule has 0 saturated carbocycles. The summed E-state index contributed by atoms with van der Waals surface area (Å²) in [6.07, 6.45) is 0.124. The van der Waals surface area contributed by atoms with Crippen LogP contribution in [0, 0.1) is 23.3 Å². The molecule has 1 atom stereocenters. The minimum atomic E-state index is -1.64. The maximum Gasteiger partial charge on any atom is 0.260 e. The van der Waals surface area contributed by atoms with E-state index >= 15 is 8.78 Å². The summed E-state index contributed by atoms with van der Waals surface area (Å²) in [5.41, 5.74) is 10.1. The largest absolute Gasteiger partial charge is 0.491 e. The standard InChI is InChI=1S/C38H32F4N4O3/c1-48-36-34(41)32(39)27(33(40)35(36)42)23-46-30-20-12-11-19-29(30)44-31(46)22-21-28(43)37(47)45-49-38(24-13-5-2-6-14-24,25-15-7-3-8-16-25)26-17-9-4-10-18-26/h2-20,28H,21-23,43H2,1H3,(H,45,47). The van der Waals surface area contributed by atoms with Crippen molar-refractivity contribution in [2.45, 2.75) is 31.0 Å². The molecule has 0 fully saturated rings. The predicted molar refractivity (Wildman–Crippen MR) is 176 cm³/mol. The maximum atomic E-state index is 15.0. The molecule has 0 saturated heterocycles. The van der Waals surface area contributed by atoms with Crippen molar-refractivity contribution >= 4 is 16.9 Å². The second kappa shape index (κ2) is 14.3. The molecule has 0 aliphatic rings. The molecule has 6 aromatic rings. The average Bonchev–Trinajstić information content (AvgIpc) is 3.50. The number of halogens is 4. The Bertz CT molecular complexity index is 1950. The monoisotopic (exact) mass is 668 g/mol. The summed E-state index contributed by atoms with van der Waals surface area (Å²) in [5, 5.41) is 0. The van der Waals surface area contributed by atoms with Crippen LogP contribution in [0.25, 0.3) is 11.0 Å². The number of carbonyl (C=O) groups excluding carboxylic acids is 1. The van der Waals surface area contributed by atoms with Gasteiger partial charge in [0.2, 0.25) is 11.6 Å². The van der Waals surface area contributed by atoms with Gasteiger partial charge < -0.3 is 15.0 Å². The molecule has 0 aliphatic carbocycles. The first kappa shape index (κ1) is 33.4. The molecule has 1 aromatic heterocycles. The van der Waals surface area contributed by atoms with Crippen LogP contribution in [0.5, 0.6) is 5.75 Å². The molecule has 3 N–H and O–H groups in total. The minimum Gasteiger partial charge on any atom is -0.491 e. The van der Waals surface area contributed by atoms with E-state index in [0.717, 1.165) is 23.8 Å². The van der Waals surface area contributed by atoms with E-state index in [-0.39, 0.29) is 12.8 Å². The number of nitrogens with one attached hydrogen (secondary N) is 1. The number of fused-ring (bicyclic) bond motifs is 1. The van der Waals surface area contributed by atoms with Gasteiger partial charge in [0.1, 0.15) is 5.82 Å². The molecule has 1 amide bonds. The average molecular weight is 669 g/mol. The van der Waals surface area contributed by atoms with Crippen LogP contribution in [0.1, 0.15) is 34.5 Å². The van der Waals surface area contributed by atoms with Crippen LogP contribution in [-0.4, -0.2) is 28.6 Å². The van der Waals surface area contributed by atoms with Gasteiger partial charge in [-0.15, -0.1) is 0 Å². The zero-order valence-corrected chi connectivity index (χ0v) is 26.4. The van der Waals surface area contributed by atoms with Crippen molar-refractivity contribution < 1.29 is 31.9 Å². The van der Waals surface area contributed by atoms with E-state index in [1.54, 1.807) is 24.3 Å². The van der Waals surface area contributed by atoms with Gasteiger partial charge in [-0.1, -0.05) is 103 Å². The normalized spacial score (nSPS) is 12.2. The SMILES string of the molecule is COc1c(F)c(F)c(Cn2c(CCC(N)C(=O)NOC(c3ccccc3)(c3ccccc3)c3ccccc3)nc3ccccc32)c(F)c1F. The zero-order valence-electron chi connectivity index (χ0n) is 26.4. The summed E-state index contributed by atoms with van der Waals surface area (Å²) in [6, 6.07) is 34.0. The number of carbonyl (C=O) groups is 1. The van der Waals surface area contributed by atoms with Crippen LogP contribution in [0.15, 0.2) is 115 Å². The first-order valence-electron chi connectivity index (χ1n) is 15.5. The second-order valence-corrected chi connectivity index (χ2v) is 11.4. The smallest absolute Gasteiger partial charge is 0.260 e. The number of hydrogen-bond acceptors (Lipinski definition) is 5. The molecular weight excluding hydrogens is 636 g/mol. The minimum absolute atomic E-state index is 0.0455. The number of aryl methyl sites for hydroxylation is 1. The lowest BCUT2D eigenvalue weighted by atomic mass is 9.80. The van der Waals surface area contributed by atoms with Gasteiger partial charge in [0.25, 0.3) is 5.91 Å². The predicted octanol–water partition coefficient (Wildman–Crippen LogP) is 6.95.